The third kappa shape index (κ3) is 4.36. The molecule has 11 heteroatoms. The number of carbonyl (C=O) groups is 1. The number of nitrogens with zero attached hydrogens (tertiary/aromatic N) is 5. The van der Waals surface area contributed by atoms with Gasteiger partial charge in [-0.2, -0.15) is 15.1 Å². The van der Waals surface area contributed by atoms with E-state index in [1.165, 1.54) is 35.0 Å². The maximum atomic E-state index is 12.8. The number of hydrogen-bond donors (Lipinski definition) is 1. The molecule has 0 aliphatic carbocycles. The molecule has 174 valence electrons. The van der Waals surface area contributed by atoms with Crippen LogP contribution in [0.4, 0.5) is 5.69 Å². The van der Waals surface area contributed by atoms with Crippen molar-refractivity contribution in [3.05, 3.63) is 93.8 Å². The first-order valence-corrected chi connectivity index (χ1v) is 11.3. The Morgan fingerprint density at radius 3 is 2.80 bits per heavy atom. The average molecular weight is 487 g/mol. The molecule has 2 aliphatic rings. The van der Waals surface area contributed by atoms with Crippen LogP contribution in [0.3, 0.4) is 0 Å². The molecule has 2 aromatic carbocycles. The monoisotopic (exact) mass is 486 g/mol. The number of nitro groups is 1. The fraction of sp³-hybridized carbons (Fsp3) is 0.0833. The van der Waals surface area contributed by atoms with E-state index in [4.69, 9.17) is 10.1 Å². The minimum Gasteiger partial charge on any atom is -0.486 e. The molecule has 35 heavy (non-hydrogen) atoms. The summed E-state index contributed by atoms with van der Waals surface area (Å²) < 4.78 is 7.54. The van der Waals surface area contributed by atoms with Crippen molar-refractivity contribution in [2.45, 2.75) is 6.92 Å². The fourth-order valence-corrected chi connectivity index (χ4v) is 4.40. The van der Waals surface area contributed by atoms with E-state index in [1.807, 2.05) is 31.2 Å². The number of non-ortho nitro benzene ring substituents is 1. The first-order valence-electron chi connectivity index (χ1n) is 10.5. The zero-order valence-corrected chi connectivity index (χ0v) is 19.2. The lowest BCUT2D eigenvalue weighted by molar-refractivity contribution is -0.384. The molecule has 1 N–H and O–H groups in total. The van der Waals surface area contributed by atoms with E-state index in [2.05, 4.69) is 10.1 Å². The number of thioether (sulfide) groups is 1. The zero-order valence-electron chi connectivity index (χ0n) is 18.4. The van der Waals surface area contributed by atoms with E-state index in [0.717, 1.165) is 11.3 Å². The quantitative estimate of drug-likeness (QED) is 0.313. The number of fused-ring (bicyclic) bond motifs is 1. The first-order chi connectivity index (χ1) is 16.9. The number of amides is 1. The third-order valence-electron chi connectivity index (χ3n) is 5.33. The lowest BCUT2D eigenvalue weighted by atomic mass is 10.1. The van der Waals surface area contributed by atoms with Crippen molar-refractivity contribution in [2.75, 3.05) is 6.61 Å². The number of benzene rings is 2. The van der Waals surface area contributed by atoms with Crippen LogP contribution >= 0.6 is 11.8 Å². The molecule has 0 radical (unpaired) electrons. The standard InChI is InChI=1S/C24H18N6O4S/c1-15-6-2-3-10-20(15)34-14-21-27-29-22(25)19(23(31)26-24(29)35-21)13-17-9-5-11-28(17)16-7-4-8-18(12-16)30(32)33/h2-13,25H,14H2,1H3/b19-13+,25-22?. The minimum atomic E-state index is -0.559. The van der Waals surface area contributed by atoms with Gasteiger partial charge in [0.05, 0.1) is 16.2 Å². The van der Waals surface area contributed by atoms with Gasteiger partial charge in [-0.15, -0.1) is 0 Å². The maximum Gasteiger partial charge on any atom is 0.283 e. The fourth-order valence-electron chi connectivity index (χ4n) is 3.60. The number of aryl methyl sites for hydroxylation is 1. The van der Waals surface area contributed by atoms with Crippen molar-refractivity contribution >= 4 is 45.5 Å². The van der Waals surface area contributed by atoms with Crippen LogP contribution in [0.25, 0.3) is 11.8 Å². The van der Waals surface area contributed by atoms with Gasteiger partial charge >= 0.3 is 0 Å². The summed E-state index contributed by atoms with van der Waals surface area (Å²) >= 11 is 1.18. The second-order valence-corrected chi connectivity index (χ2v) is 8.69. The lowest BCUT2D eigenvalue weighted by Gasteiger charge is -2.20. The Morgan fingerprint density at radius 1 is 1.17 bits per heavy atom. The third-order valence-corrected chi connectivity index (χ3v) is 6.21. The van der Waals surface area contributed by atoms with Crippen LogP contribution in [0.2, 0.25) is 0 Å². The molecule has 0 saturated carbocycles. The summed E-state index contributed by atoms with van der Waals surface area (Å²) in [5.74, 6) is 0.0678. The van der Waals surface area contributed by atoms with Gasteiger partial charge in [0, 0.05) is 24.0 Å². The second kappa shape index (κ2) is 9.03. The maximum absolute atomic E-state index is 12.8. The summed E-state index contributed by atoms with van der Waals surface area (Å²) in [6.45, 7) is 2.13. The molecule has 0 saturated heterocycles. The van der Waals surface area contributed by atoms with Crippen LogP contribution in [0.15, 0.2) is 82.5 Å². The predicted molar refractivity (Wildman–Crippen MR) is 134 cm³/mol. The molecule has 0 spiro atoms. The summed E-state index contributed by atoms with van der Waals surface area (Å²) in [7, 11) is 0. The van der Waals surface area contributed by atoms with E-state index < -0.39 is 10.8 Å². The number of amidine groups is 2. The van der Waals surface area contributed by atoms with Gasteiger partial charge < -0.3 is 9.30 Å². The van der Waals surface area contributed by atoms with E-state index in [1.54, 1.807) is 35.0 Å². The van der Waals surface area contributed by atoms with Gasteiger partial charge in [-0.25, -0.2) is 0 Å². The smallest absolute Gasteiger partial charge is 0.283 e. The number of aromatic nitrogens is 1. The molecule has 10 nitrogen and oxygen atoms in total. The van der Waals surface area contributed by atoms with Gasteiger partial charge in [0.15, 0.2) is 5.84 Å². The average Bonchev–Trinajstić information content (AvgIpc) is 3.48. The number of ether oxygens (including phenoxy) is 1. The van der Waals surface area contributed by atoms with Gasteiger partial charge in [0.25, 0.3) is 11.6 Å². The number of carbonyl (C=O) groups excluding carboxylic acids is 1. The largest absolute Gasteiger partial charge is 0.486 e. The van der Waals surface area contributed by atoms with Crippen molar-refractivity contribution in [3.8, 4) is 11.4 Å². The molecule has 3 aromatic rings. The predicted octanol–water partition coefficient (Wildman–Crippen LogP) is 4.39. The van der Waals surface area contributed by atoms with E-state index in [9.17, 15) is 14.9 Å². The molecule has 0 fully saturated rings. The van der Waals surface area contributed by atoms with E-state index in [-0.39, 0.29) is 23.7 Å². The van der Waals surface area contributed by atoms with Gasteiger partial charge in [0.2, 0.25) is 5.17 Å². The van der Waals surface area contributed by atoms with Crippen LogP contribution in [-0.2, 0) is 4.79 Å². The van der Waals surface area contributed by atoms with Crippen LogP contribution in [0.1, 0.15) is 11.3 Å². The number of hydrazone groups is 1. The summed E-state index contributed by atoms with van der Waals surface area (Å²) in [4.78, 5) is 27.6. The van der Waals surface area contributed by atoms with Gasteiger partial charge in [-0.05, 0) is 54.6 Å². The van der Waals surface area contributed by atoms with Crippen molar-refractivity contribution in [1.29, 1.82) is 5.41 Å². The molecular formula is C24H18N6O4S. The number of hydrogen-bond acceptors (Lipinski definition) is 7. The molecule has 0 bridgehead atoms. The summed E-state index contributed by atoms with van der Waals surface area (Å²) in [5, 5.41) is 26.4. The van der Waals surface area contributed by atoms with Crippen LogP contribution in [-0.4, -0.2) is 43.1 Å². The molecule has 0 unspecified atom stereocenters. The van der Waals surface area contributed by atoms with E-state index in [0.29, 0.717) is 21.6 Å². The Hall–Kier alpha value is -4.51. The van der Waals surface area contributed by atoms with Gasteiger partial charge in [0.1, 0.15) is 17.4 Å². The lowest BCUT2D eigenvalue weighted by Crippen LogP contribution is -2.35. The van der Waals surface area contributed by atoms with Crippen molar-refractivity contribution in [2.24, 2.45) is 10.1 Å². The second-order valence-electron chi connectivity index (χ2n) is 7.65. The highest BCUT2D eigenvalue weighted by molar-refractivity contribution is 8.27. The van der Waals surface area contributed by atoms with Crippen molar-refractivity contribution in [1.82, 2.24) is 9.58 Å². The summed E-state index contributed by atoms with van der Waals surface area (Å²) in [5.41, 5.74) is 2.13. The highest BCUT2D eigenvalue weighted by atomic mass is 32.2. The first kappa shape index (κ1) is 22.3. The summed E-state index contributed by atoms with van der Waals surface area (Å²) in [6.07, 6.45) is 3.26. The molecule has 3 heterocycles. The van der Waals surface area contributed by atoms with Crippen LogP contribution in [0.5, 0.6) is 5.75 Å². The number of rotatable bonds is 6. The minimum absolute atomic E-state index is 0.0468. The van der Waals surface area contributed by atoms with Crippen LogP contribution in [0, 0.1) is 22.4 Å². The Labute approximate surface area is 203 Å². The number of para-hydroxylation sites is 1. The van der Waals surface area contributed by atoms with Crippen molar-refractivity contribution in [3.63, 3.8) is 0 Å². The molecule has 1 amide bonds. The molecule has 0 atom stereocenters. The highest BCUT2D eigenvalue weighted by Crippen LogP contribution is 2.29. The topological polar surface area (TPSA) is 126 Å². The Morgan fingerprint density at radius 2 is 2.00 bits per heavy atom. The van der Waals surface area contributed by atoms with Gasteiger partial charge in [-0.1, -0.05) is 24.3 Å². The van der Waals surface area contributed by atoms with E-state index >= 15 is 0 Å². The zero-order chi connectivity index (χ0) is 24.5. The van der Waals surface area contributed by atoms with Gasteiger partial charge in [-0.3, -0.25) is 20.3 Å². The number of nitrogens with one attached hydrogen (secondary N) is 1. The summed E-state index contributed by atoms with van der Waals surface area (Å²) in [6, 6.07) is 17.3. The Kier molecular flexibility index (Phi) is 5.75. The molecular weight excluding hydrogens is 468 g/mol. The van der Waals surface area contributed by atoms with Crippen molar-refractivity contribution < 1.29 is 14.5 Å². The number of aliphatic imine (C=N–C) groups is 1. The highest BCUT2D eigenvalue weighted by Gasteiger charge is 2.36. The molecule has 5 rings (SSSR count). The SMILES string of the molecule is Cc1ccccc1OCC1=NN2C(=N)/C(=C\c3cccn3-c3cccc([N+](=O)[O-])c3)C(=O)N=C2S1. The molecule has 1 aromatic heterocycles. The Bertz CT molecular complexity index is 1470. The number of nitro benzene ring substituents is 1. The molecule has 2 aliphatic heterocycles. The Balaban J connectivity index is 1.40. The normalized spacial score (nSPS) is 16.3. The van der Waals surface area contributed by atoms with Crippen LogP contribution < -0.4 is 4.74 Å².